The van der Waals surface area contributed by atoms with E-state index in [1.807, 2.05) is 34.6 Å². The molecule has 2 N–H and O–H groups in total. The highest BCUT2D eigenvalue weighted by molar-refractivity contribution is 5.88. The first-order chi connectivity index (χ1) is 12.2. The zero-order valence-electron chi connectivity index (χ0n) is 17.2. The topological polar surface area (TPSA) is 81.8 Å². The number of rotatable bonds is 7. The minimum absolute atomic E-state index is 0.0101. The van der Waals surface area contributed by atoms with E-state index >= 15 is 0 Å². The van der Waals surface area contributed by atoms with Gasteiger partial charge in [-0.3, -0.25) is 9.59 Å². The lowest BCUT2D eigenvalue weighted by Gasteiger charge is -2.41. The van der Waals surface area contributed by atoms with Crippen LogP contribution in [0.4, 0.5) is 4.79 Å². The fraction of sp³-hybridized carbons (Fsp3) is 0.842. The molecular weight excluding hydrogens is 332 g/mol. The van der Waals surface area contributed by atoms with E-state index in [2.05, 4.69) is 17.6 Å². The molecule has 7 heteroatoms. The second-order valence-electron chi connectivity index (χ2n) is 7.80. The van der Waals surface area contributed by atoms with Crippen LogP contribution in [0.1, 0.15) is 54.4 Å². The van der Waals surface area contributed by atoms with Crippen LogP contribution in [-0.4, -0.2) is 65.9 Å². The molecule has 1 heterocycles. The number of nitrogens with zero attached hydrogens (tertiary/aromatic N) is 2. The van der Waals surface area contributed by atoms with Gasteiger partial charge in [0.2, 0.25) is 11.8 Å². The summed E-state index contributed by atoms with van der Waals surface area (Å²) >= 11 is 0. The van der Waals surface area contributed by atoms with Gasteiger partial charge in [-0.2, -0.15) is 0 Å². The van der Waals surface area contributed by atoms with Crippen LogP contribution in [0.5, 0.6) is 0 Å². The summed E-state index contributed by atoms with van der Waals surface area (Å²) in [5.74, 6) is -0.326. The van der Waals surface area contributed by atoms with E-state index in [0.717, 1.165) is 12.8 Å². The molecule has 0 bridgehead atoms. The lowest BCUT2D eigenvalue weighted by atomic mass is 10.0. The Balaban J connectivity index is 2.66. The van der Waals surface area contributed by atoms with E-state index in [9.17, 15) is 14.4 Å². The molecule has 0 aromatic heterocycles. The maximum Gasteiger partial charge on any atom is 0.317 e. The third-order valence-electron chi connectivity index (χ3n) is 4.76. The molecule has 1 fully saturated rings. The molecule has 2 atom stereocenters. The third kappa shape index (κ3) is 6.18. The number of carbonyl (C=O) groups is 3. The van der Waals surface area contributed by atoms with Crippen LogP contribution in [0.15, 0.2) is 0 Å². The number of nitrogens with one attached hydrogen (secondary N) is 2. The zero-order chi connectivity index (χ0) is 19.9. The van der Waals surface area contributed by atoms with Gasteiger partial charge >= 0.3 is 6.03 Å². The van der Waals surface area contributed by atoms with Crippen LogP contribution in [-0.2, 0) is 9.59 Å². The molecule has 150 valence electrons. The molecule has 7 nitrogen and oxygen atoms in total. The van der Waals surface area contributed by atoms with Gasteiger partial charge < -0.3 is 20.4 Å². The maximum absolute atomic E-state index is 12.9. The molecule has 0 aromatic carbocycles. The van der Waals surface area contributed by atoms with Crippen molar-refractivity contribution in [2.45, 2.75) is 66.5 Å². The Bertz CT molecular complexity index is 493. The summed E-state index contributed by atoms with van der Waals surface area (Å²) < 4.78 is 0. The Kier molecular flexibility index (Phi) is 8.88. The van der Waals surface area contributed by atoms with Crippen molar-refractivity contribution in [2.75, 3.05) is 26.2 Å². The van der Waals surface area contributed by atoms with Crippen molar-refractivity contribution >= 4 is 17.8 Å². The summed E-state index contributed by atoms with van der Waals surface area (Å²) in [5.41, 5.74) is 0. The molecule has 0 aliphatic carbocycles. The van der Waals surface area contributed by atoms with E-state index in [1.165, 1.54) is 0 Å². The van der Waals surface area contributed by atoms with Crippen molar-refractivity contribution < 1.29 is 14.4 Å². The summed E-state index contributed by atoms with van der Waals surface area (Å²) in [4.78, 5) is 40.8. The van der Waals surface area contributed by atoms with Crippen LogP contribution in [0.3, 0.4) is 0 Å². The molecule has 0 saturated carbocycles. The number of piperazine rings is 1. The van der Waals surface area contributed by atoms with E-state index in [0.29, 0.717) is 26.2 Å². The highest BCUT2D eigenvalue weighted by Crippen LogP contribution is 2.14. The largest absolute Gasteiger partial charge is 0.344 e. The van der Waals surface area contributed by atoms with Crippen LogP contribution < -0.4 is 10.6 Å². The Hall–Kier alpha value is -1.79. The molecule has 0 aromatic rings. The summed E-state index contributed by atoms with van der Waals surface area (Å²) in [7, 11) is 0. The second kappa shape index (κ2) is 10.4. The number of unbranched alkanes of at least 4 members (excludes halogenated alkanes) is 1. The lowest BCUT2D eigenvalue weighted by molar-refractivity contribution is -0.140. The Morgan fingerprint density at radius 2 is 1.77 bits per heavy atom. The summed E-state index contributed by atoms with van der Waals surface area (Å²) in [6, 6.07) is -0.642. The average Bonchev–Trinajstić information content (AvgIpc) is 2.58. The molecule has 1 saturated heterocycles. The third-order valence-corrected chi connectivity index (χ3v) is 4.76. The first kappa shape index (κ1) is 22.3. The Morgan fingerprint density at radius 3 is 2.27 bits per heavy atom. The molecule has 1 aliphatic heterocycles. The van der Waals surface area contributed by atoms with Crippen LogP contribution in [0, 0.1) is 11.8 Å². The minimum atomic E-state index is -0.526. The predicted octanol–water partition coefficient (Wildman–Crippen LogP) is 1.83. The smallest absolute Gasteiger partial charge is 0.317 e. The summed E-state index contributed by atoms with van der Waals surface area (Å²) in [6.07, 6.45) is 2.00. The average molecular weight is 369 g/mol. The molecule has 1 aliphatic rings. The lowest BCUT2D eigenvalue weighted by Crippen LogP contribution is -2.61. The highest BCUT2D eigenvalue weighted by Gasteiger charge is 2.34. The Labute approximate surface area is 157 Å². The fourth-order valence-corrected chi connectivity index (χ4v) is 2.96. The van der Waals surface area contributed by atoms with Crippen molar-refractivity contribution in [3.8, 4) is 0 Å². The number of hydrogen-bond donors (Lipinski definition) is 2. The first-order valence-corrected chi connectivity index (χ1v) is 9.82. The van der Waals surface area contributed by atoms with Crippen LogP contribution in [0.25, 0.3) is 0 Å². The molecule has 2 unspecified atom stereocenters. The number of amides is 4. The Morgan fingerprint density at radius 1 is 1.12 bits per heavy atom. The standard InChI is InChI=1S/C19H36N4O3/c1-7-8-9-20-19(26)23-11-10-22(12-15(23)6)18(25)16(13(2)3)21-17(24)14(4)5/h13-16H,7-12H2,1-6H3,(H,20,26)(H,21,24). The molecule has 26 heavy (non-hydrogen) atoms. The van der Waals surface area contributed by atoms with Gasteiger partial charge in [-0.25, -0.2) is 4.79 Å². The quantitative estimate of drug-likeness (QED) is 0.673. The number of hydrogen-bond acceptors (Lipinski definition) is 3. The van der Waals surface area contributed by atoms with Gasteiger partial charge in [-0.1, -0.05) is 41.0 Å². The normalized spacial score (nSPS) is 18.8. The first-order valence-electron chi connectivity index (χ1n) is 9.82. The number of carbonyl (C=O) groups excluding carboxylic acids is 3. The van der Waals surface area contributed by atoms with Crippen molar-refractivity contribution in [2.24, 2.45) is 11.8 Å². The predicted molar refractivity (Wildman–Crippen MR) is 103 cm³/mol. The van der Waals surface area contributed by atoms with Crippen molar-refractivity contribution in [1.82, 2.24) is 20.4 Å². The van der Waals surface area contributed by atoms with Crippen molar-refractivity contribution in [1.29, 1.82) is 0 Å². The van der Waals surface area contributed by atoms with E-state index in [-0.39, 0.29) is 35.7 Å². The second-order valence-corrected chi connectivity index (χ2v) is 7.80. The minimum Gasteiger partial charge on any atom is -0.344 e. The highest BCUT2D eigenvalue weighted by atomic mass is 16.2. The molecular formula is C19H36N4O3. The molecule has 0 spiro atoms. The monoisotopic (exact) mass is 368 g/mol. The van der Waals surface area contributed by atoms with E-state index in [1.54, 1.807) is 9.80 Å². The van der Waals surface area contributed by atoms with Gasteiger partial charge in [0.25, 0.3) is 0 Å². The SMILES string of the molecule is CCCCNC(=O)N1CCN(C(=O)C(NC(=O)C(C)C)C(C)C)CC1C. The maximum atomic E-state index is 12.9. The van der Waals surface area contributed by atoms with Crippen LogP contribution >= 0.6 is 0 Å². The zero-order valence-corrected chi connectivity index (χ0v) is 17.2. The molecule has 1 rings (SSSR count). The van der Waals surface area contributed by atoms with Crippen molar-refractivity contribution in [3.63, 3.8) is 0 Å². The van der Waals surface area contributed by atoms with Gasteiger partial charge in [0, 0.05) is 38.1 Å². The summed E-state index contributed by atoms with van der Waals surface area (Å²) in [6.45, 7) is 13.7. The van der Waals surface area contributed by atoms with Crippen molar-refractivity contribution in [3.05, 3.63) is 0 Å². The van der Waals surface area contributed by atoms with Gasteiger partial charge in [0.15, 0.2) is 0 Å². The molecule has 4 amide bonds. The molecule has 0 radical (unpaired) electrons. The summed E-state index contributed by atoms with van der Waals surface area (Å²) in [5, 5.41) is 5.81. The van der Waals surface area contributed by atoms with Gasteiger partial charge in [0.05, 0.1) is 0 Å². The van der Waals surface area contributed by atoms with E-state index in [4.69, 9.17) is 0 Å². The number of urea groups is 1. The van der Waals surface area contributed by atoms with Gasteiger partial charge in [-0.05, 0) is 19.3 Å². The van der Waals surface area contributed by atoms with Gasteiger partial charge in [-0.15, -0.1) is 0 Å². The van der Waals surface area contributed by atoms with Crippen LogP contribution in [0.2, 0.25) is 0 Å². The van der Waals surface area contributed by atoms with E-state index < -0.39 is 6.04 Å². The van der Waals surface area contributed by atoms with Gasteiger partial charge in [0.1, 0.15) is 6.04 Å². The fourth-order valence-electron chi connectivity index (χ4n) is 2.96.